The van der Waals surface area contributed by atoms with Gasteiger partial charge in [0.05, 0.1) is 11.1 Å². The highest BCUT2D eigenvalue weighted by Crippen LogP contribution is 2.54. The van der Waals surface area contributed by atoms with E-state index in [0.717, 1.165) is 0 Å². The normalized spacial score (nSPS) is 15.8. The zero-order chi connectivity index (χ0) is 25.8. The van der Waals surface area contributed by atoms with Crippen LogP contribution < -0.4 is 26.7 Å². The van der Waals surface area contributed by atoms with Crippen LogP contribution in [0.25, 0.3) is 5.69 Å². The SMILES string of the molecule is C=P(c1ccccc1)(c1ccccc1-n1cccc1P(c1ccccc1)c1ccccc1)C1CCCCC1. The van der Waals surface area contributed by atoms with Gasteiger partial charge in [-0.2, -0.15) is 0 Å². The fourth-order valence-electron chi connectivity index (χ4n) is 6.09. The molecule has 1 aromatic heterocycles. The number of rotatable bonds is 7. The summed E-state index contributed by atoms with van der Waals surface area (Å²) >= 11 is 0. The molecule has 38 heavy (non-hydrogen) atoms. The number of aromatic nitrogens is 1. The molecule has 3 heteroatoms. The van der Waals surface area contributed by atoms with E-state index >= 15 is 0 Å². The van der Waals surface area contributed by atoms with Crippen molar-refractivity contribution < 1.29 is 0 Å². The Bertz CT molecular complexity index is 1480. The standard InChI is InChI=1S/C35H35NP2/c1-38(31-21-10-4-11-22-31,32-23-12-5-13-24-32)34-26-15-14-25-33(34)36-28-16-27-35(36)37(29-17-6-2-7-18-29)30-19-8-3-9-20-30/h2-4,6-11,14-22,25-28,32H,1,5,12-13,23-24H2. The molecule has 1 aliphatic rings. The molecule has 1 aliphatic carbocycles. The Morgan fingerprint density at radius 3 is 1.79 bits per heavy atom. The highest BCUT2D eigenvalue weighted by molar-refractivity contribution is 7.88. The Morgan fingerprint density at radius 2 is 1.16 bits per heavy atom. The molecule has 1 saturated carbocycles. The Balaban J connectivity index is 1.55. The predicted octanol–water partition coefficient (Wildman–Crippen LogP) is 6.97. The number of nitrogens with zero attached hydrogens (tertiary/aromatic N) is 1. The van der Waals surface area contributed by atoms with Crippen LogP contribution in [0.5, 0.6) is 0 Å². The quantitative estimate of drug-likeness (QED) is 0.200. The molecule has 190 valence electrons. The number of para-hydroxylation sites is 1. The summed E-state index contributed by atoms with van der Waals surface area (Å²) in [5.41, 5.74) is 3.28. The smallest absolute Gasteiger partial charge is 0.0549 e. The van der Waals surface area contributed by atoms with Crippen molar-refractivity contribution in [1.29, 1.82) is 0 Å². The van der Waals surface area contributed by atoms with Crippen molar-refractivity contribution in [2.45, 2.75) is 37.8 Å². The van der Waals surface area contributed by atoms with Crippen molar-refractivity contribution in [2.24, 2.45) is 0 Å². The summed E-state index contributed by atoms with van der Waals surface area (Å²) in [6.07, 6.45) is 14.0. The van der Waals surface area contributed by atoms with Crippen LogP contribution in [0.2, 0.25) is 0 Å². The lowest BCUT2D eigenvalue weighted by Crippen LogP contribution is -2.32. The third-order valence-corrected chi connectivity index (χ3v) is 14.6. The molecule has 1 nitrogen and oxygen atoms in total. The van der Waals surface area contributed by atoms with E-state index in [2.05, 4.69) is 138 Å². The Hall–Kier alpha value is -3.11. The van der Waals surface area contributed by atoms with Gasteiger partial charge in [0.1, 0.15) is 0 Å². The average Bonchev–Trinajstić information content (AvgIpc) is 3.48. The van der Waals surface area contributed by atoms with Crippen LogP contribution in [0.15, 0.2) is 134 Å². The van der Waals surface area contributed by atoms with Gasteiger partial charge in [-0.3, -0.25) is 0 Å². The zero-order valence-corrected chi connectivity index (χ0v) is 23.7. The largest absolute Gasteiger partial charge is 0.316 e. The molecule has 4 aromatic carbocycles. The molecule has 0 spiro atoms. The zero-order valence-electron chi connectivity index (χ0n) is 21.9. The summed E-state index contributed by atoms with van der Waals surface area (Å²) < 4.78 is 2.48. The third kappa shape index (κ3) is 4.75. The third-order valence-electron chi connectivity index (χ3n) is 7.97. The maximum absolute atomic E-state index is 5.20. The van der Waals surface area contributed by atoms with E-state index in [1.807, 2.05) is 0 Å². The first-order valence-electron chi connectivity index (χ1n) is 13.7. The minimum atomic E-state index is -1.89. The van der Waals surface area contributed by atoms with E-state index in [1.54, 1.807) is 0 Å². The molecule has 0 amide bonds. The molecule has 5 aromatic rings. The van der Waals surface area contributed by atoms with Gasteiger partial charge in [-0.25, -0.2) is 0 Å². The first-order valence-corrected chi connectivity index (χ1v) is 17.1. The topological polar surface area (TPSA) is 4.93 Å². The van der Waals surface area contributed by atoms with Crippen LogP contribution in [0.3, 0.4) is 0 Å². The summed E-state index contributed by atoms with van der Waals surface area (Å²) in [5.74, 6) is 0. The molecular weight excluding hydrogens is 496 g/mol. The van der Waals surface area contributed by atoms with Crippen molar-refractivity contribution in [3.8, 4) is 5.69 Å². The molecule has 0 N–H and O–H groups in total. The van der Waals surface area contributed by atoms with Gasteiger partial charge in [0.2, 0.25) is 0 Å². The molecular formula is C35H35NP2. The second kappa shape index (κ2) is 11.3. The monoisotopic (exact) mass is 531 g/mol. The lowest BCUT2D eigenvalue weighted by atomic mass is 10.0. The summed E-state index contributed by atoms with van der Waals surface area (Å²) in [5, 5.41) is 5.61. The van der Waals surface area contributed by atoms with E-state index in [-0.39, 0.29) is 0 Å². The first-order chi connectivity index (χ1) is 18.8. The van der Waals surface area contributed by atoms with Crippen LogP contribution in [0.1, 0.15) is 32.1 Å². The van der Waals surface area contributed by atoms with Crippen molar-refractivity contribution in [1.82, 2.24) is 4.57 Å². The number of hydrogen-bond donors (Lipinski definition) is 0. The van der Waals surface area contributed by atoms with Gasteiger partial charge >= 0.3 is 0 Å². The minimum Gasteiger partial charge on any atom is -0.316 e. The van der Waals surface area contributed by atoms with Gasteiger partial charge in [-0.15, -0.1) is 0 Å². The molecule has 1 unspecified atom stereocenters. The molecule has 1 atom stereocenters. The molecule has 0 saturated heterocycles. The van der Waals surface area contributed by atoms with Gasteiger partial charge in [-0.1, -0.05) is 142 Å². The van der Waals surface area contributed by atoms with Gasteiger partial charge in [0.15, 0.2) is 0 Å². The van der Waals surface area contributed by atoms with Gasteiger partial charge in [-0.05, 0) is 52.6 Å². The molecule has 0 bridgehead atoms. The van der Waals surface area contributed by atoms with Crippen LogP contribution >= 0.6 is 14.8 Å². The van der Waals surface area contributed by atoms with E-state index in [0.29, 0.717) is 5.66 Å². The summed E-state index contributed by atoms with van der Waals surface area (Å²) in [4.78, 5) is 0. The Labute approximate surface area is 228 Å². The van der Waals surface area contributed by atoms with Crippen LogP contribution in [-0.4, -0.2) is 16.5 Å². The van der Waals surface area contributed by atoms with E-state index in [1.165, 1.54) is 64.4 Å². The fourth-order valence-corrected chi connectivity index (χ4v) is 12.5. The van der Waals surface area contributed by atoms with Gasteiger partial charge in [0, 0.05) is 19.4 Å². The molecule has 0 radical (unpaired) electrons. The highest BCUT2D eigenvalue weighted by Gasteiger charge is 2.33. The van der Waals surface area contributed by atoms with E-state index < -0.39 is 14.8 Å². The molecule has 1 fully saturated rings. The van der Waals surface area contributed by atoms with Gasteiger partial charge < -0.3 is 4.57 Å². The van der Waals surface area contributed by atoms with Crippen molar-refractivity contribution >= 4 is 47.8 Å². The van der Waals surface area contributed by atoms with E-state index in [9.17, 15) is 0 Å². The maximum atomic E-state index is 5.20. The predicted molar refractivity (Wildman–Crippen MR) is 171 cm³/mol. The van der Waals surface area contributed by atoms with Crippen molar-refractivity contribution in [3.63, 3.8) is 0 Å². The Kier molecular flexibility index (Phi) is 7.51. The summed E-state index contributed by atoms with van der Waals surface area (Å²) in [7, 11) is -0.715. The van der Waals surface area contributed by atoms with Crippen LogP contribution in [-0.2, 0) is 0 Å². The molecule has 1 heterocycles. The first kappa shape index (κ1) is 25.2. The lowest BCUT2D eigenvalue weighted by molar-refractivity contribution is 0.512. The molecule has 6 rings (SSSR count). The second-order valence-electron chi connectivity index (χ2n) is 10.2. The number of benzene rings is 4. The maximum Gasteiger partial charge on any atom is 0.0549 e. The second-order valence-corrected chi connectivity index (χ2v) is 15.9. The van der Waals surface area contributed by atoms with Gasteiger partial charge in [0.25, 0.3) is 0 Å². The summed E-state index contributed by atoms with van der Waals surface area (Å²) in [6, 6.07) is 46.9. The summed E-state index contributed by atoms with van der Waals surface area (Å²) in [6.45, 7) is -1.89. The fraction of sp³-hybridized carbons (Fsp3) is 0.171. The average molecular weight is 532 g/mol. The van der Waals surface area contributed by atoms with Crippen LogP contribution in [0.4, 0.5) is 0 Å². The lowest BCUT2D eigenvalue weighted by Gasteiger charge is -2.38. The number of hydrogen-bond acceptors (Lipinski definition) is 0. The highest BCUT2D eigenvalue weighted by atomic mass is 31.2. The Morgan fingerprint density at radius 1 is 0.605 bits per heavy atom. The van der Waals surface area contributed by atoms with Crippen molar-refractivity contribution in [3.05, 3.63) is 134 Å². The minimum absolute atomic E-state index is 0.628. The molecule has 0 aliphatic heterocycles. The van der Waals surface area contributed by atoms with Crippen LogP contribution in [0, 0.1) is 0 Å². The van der Waals surface area contributed by atoms with E-state index in [4.69, 9.17) is 6.30 Å². The van der Waals surface area contributed by atoms with Crippen molar-refractivity contribution in [2.75, 3.05) is 0 Å².